The molecule has 0 bridgehead atoms. The number of aliphatic hydroxyl groups is 1. The minimum absolute atomic E-state index is 0.302. The second kappa shape index (κ2) is 11.2. The number of unbranched alkanes of at least 4 members (excludes halogenated alkanes) is 4. The molecule has 0 fully saturated rings. The summed E-state index contributed by atoms with van der Waals surface area (Å²) >= 11 is 0. The topological polar surface area (TPSA) is 20.2 Å². The second-order valence-electron chi connectivity index (χ2n) is 5.05. The van der Waals surface area contributed by atoms with Gasteiger partial charge in [-0.3, -0.25) is 0 Å². The zero-order valence-corrected chi connectivity index (χ0v) is 11.4. The van der Waals surface area contributed by atoms with Gasteiger partial charge in [0.2, 0.25) is 0 Å². The molecule has 1 heteroatoms. The Labute approximate surface area is 102 Å². The van der Waals surface area contributed by atoms with E-state index in [4.69, 9.17) is 5.11 Å². The Morgan fingerprint density at radius 3 is 2.00 bits per heavy atom. The van der Waals surface area contributed by atoms with Gasteiger partial charge in [0, 0.05) is 6.61 Å². The van der Waals surface area contributed by atoms with E-state index in [0.717, 1.165) is 6.42 Å². The van der Waals surface area contributed by atoms with Crippen LogP contribution >= 0.6 is 0 Å². The fraction of sp³-hybridized carbons (Fsp3) is 0.867. The van der Waals surface area contributed by atoms with Gasteiger partial charge in [0.25, 0.3) is 0 Å². The van der Waals surface area contributed by atoms with E-state index in [2.05, 4.69) is 32.9 Å². The molecule has 1 N–H and O–H groups in total. The van der Waals surface area contributed by atoms with Crippen molar-refractivity contribution in [2.45, 2.75) is 65.7 Å². The molecule has 0 amide bonds. The molecule has 0 aromatic heterocycles. The first-order chi connectivity index (χ1) is 7.70. The standard InChI is InChI=1S/C15H30O/c1-4-5-6-7-8-9-14(2)10-11-15(3)12-13-16/h10-11,14-16H,4-9,12-13H2,1-3H3. The van der Waals surface area contributed by atoms with E-state index in [0.29, 0.717) is 18.4 Å². The number of hydrogen-bond acceptors (Lipinski definition) is 1. The first kappa shape index (κ1) is 15.7. The van der Waals surface area contributed by atoms with Crippen LogP contribution in [0, 0.1) is 11.8 Å². The highest BCUT2D eigenvalue weighted by Crippen LogP contribution is 2.14. The lowest BCUT2D eigenvalue weighted by Gasteiger charge is -2.08. The predicted octanol–water partition coefficient (Wildman–Crippen LogP) is 4.56. The van der Waals surface area contributed by atoms with Crippen molar-refractivity contribution >= 4 is 0 Å². The molecular weight excluding hydrogens is 196 g/mol. The third-order valence-corrected chi connectivity index (χ3v) is 3.12. The van der Waals surface area contributed by atoms with Gasteiger partial charge in [-0.15, -0.1) is 0 Å². The van der Waals surface area contributed by atoms with Gasteiger partial charge in [-0.25, -0.2) is 0 Å². The number of rotatable bonds is 10. The van der Waals surface area contributed by atoms with E-state index in [1.165, 1.54) is 38.5 Å². The van der Waals surface area contributed by atoms with Crippen LogP contribution in [0.5, 0.6) is 0 Å². The monoisotopic (exact) mass is 226 g/mol. The molecule has 0 saturated carbocycles. The number of allylic oxidation sites excluding steroid dienone is 2. The molecule has 0 aliphatic carbocycles. The van der Waals surface area contributed by atoms with Crippen molar-refractivity contribution in [3.8, 4) is 0 Å². The van der Waals surface area contributed by atoms with Crippen LogP contribution in [0.4, 0.5) is 0 Å². The van der Waals surface area contributed by atoms with E-state index >= 15 is 0 Å². The van der Waals surface area contributed by atoms with Gasteiger partial charge < -0.3 is 5.11 Å². The Kier molecular flexibility index (Phi) is 11.0. The van der Waals surface area contributed by atoms with Crippen LogP contribution in [0.1, 0.15) is 65.7 Å². The van der Waals surface area contributed by atoms with Crippen LogP contribution in [0.3, 0.4) is 0 Å². The van der Waals surface area contributed by atoms with Crippen molar-refractivity contribution in [3.63, 3.8) is 0 Å². The summed E-state index contributed by atoms with van der Waals surface area (Å²) < 4.78 is 0. The van der Waals surface area contributed by atoms with E-state index < -0.39 is 0 Å². The highest BCUT2D eigenvalue weighted by molar-refractivity contribution is 4.89. The lowest BCUT2D eigenvalue weighted by Crippen LogP contribution is -1.96. The Balaban J connectivity index is 3.46. The summed E-state index contributed by atoms with van der Waals surface area (Å²) in [5.41, 5.74) is 0. The normalized spacial score (nSPS) is 15.5. The smallest absolute Gasteiger partial charge is 0.0436 e. The van der Waals surface area contributed by atoms with Crippen molar-refractivity contribution in [2.24, 2.45) is 11.8 Å². The Hall–Kier alpha value is -0.300. The number of aliphatic hydroxyl groups excluding tert-OH is 1. The summed E-state index contributed by atoms with van der Waals surface area (Å²) in [6, 6.07) is 0. The Bertz CT molecular complexity index is 163. The summed E-state index contributed by atoms with van der Waals surface area (Å²) in [5.74, 6) is 1.22. The summed E-state index contributed by atoms with van der Waals surface area (Å²) in [7, 11) is 0. The molecule has 0 radical (unpaired) electrons. The molecule has 2 unspecified atom stereocenters. The van der Waals surface area contributed by atoms with Crippen molar-refractivity contribution in [1.82, 2.24) is 0 Å². The maximum atomic E-state index is 8.79. The largest absolute Gasteiger partial charge is 0.396 e. The molecule has 0 aromatic rings. The summed E-state index contributed by atoms with van der Waals surface area (Å²) in [6.45, 7) is 7.02. The minimum atomic E-state index is 0.302. The molecule has 0 saturated heterocycles. The van der Waals surface area contributed by atoms with Crippen LogP contribution < -0.4 is 0 Å². The van der Waals surface area contributed by atoms with Gasteiger partial charge in [-0.2, -0.15) is 0 Å². The van der Waals surface area contributed by atoms with E-state index in [9.17, 15) is 0 Å². The van der Waals surface area contributed by atoms with Gasteiger partial charge in [-0.1, -0.05) is 65.0 Å². The van der Waals surface area contributed by atoms with Gasteiger partial charge in [0.15, 0.2) is 0 Å². The van der Waals surface area contributed by atoms with Crippen LogP contribution in [0.2, 0.25) is 0 Å². The fourth-order valence-electron chi connectivity index (χ4n) is 1.85. The molecule has 2 atom stereocenters. The van der Waals surface area contributed by atoms with Crippen LogP contribution in [-0.2, 0) is 0 Å². The van der Waals surface area contributed by atoms with Crippen LogP contribution in [-0.4, -0.2) is 11.7 Å². The molecule has 0 aliphatic heterocycles. The Morgan fingerprint density at radius 1 is 0.875 bits per heavy atom. The molecule has 0 rings (SSSR count). The highest BCUT2D eigenvalue weighted by atomic mass is 16.2. The maximum Gasteiger partial charge on any atom is 0.0436 e. The highest BCUT2D eigenvalue weighted by Gasteiger charge is 1.99. The maximum absolute atomic E-state index is 8.79. The first-order valence-electron chi connectivity index (χ1n) is 6.99. The molecule has 0 aromatic carbocycles. The average molecular weight is 226 g/mol. The number of hydrogen-bond donors (Lipinski definition) is 1. The summed E-state index contributed by atoms with van der Waals surface area (Å²) in [6.07, 6.45) is 13.6. The molecule has 0 heterocycles. The zero-order valence-electron chi connectivity index (χ0n) is 11.4. The van der Waals surface area contributed by atoms with Gasteiger partial charge in [0.1, 0.15) is 0 Å². The van der Waals surface area contributed by atoms with Gasteiger partial charge in [-0.05, 0) is 24.7 Å². The molecule has 1 nitrogen and oxygen atoms in total. The third-order valence-electron chi connectivity index (χ3n) is 3.12. The molecule has 16 heavy (non-hydrogen) atoms. The average Bonchev–Trinajstić information content (AvgIpc) is 2.26. The van der Waals surface area contributed by atoms with Crippen molar-refractivity contribution in [2.75, 3.05) is 6.61 Å². The van der Waals surface area contributed by atoms with E-state index in [1.54, 1.807) is 0 Å². The third kappa shape index (κ3) is 10.2. The molecule has 0 spiro atoms. The summed E-state index contributed by atoms with van der Waals surface area (Å²) in [4.78, 5) is 0. The SMILES string of the molecule is CCCCCCCC(C)C=CC(C)CCO. The second-order valence-corrected chi connectivity index (χ2v) is 5.05. The van der Waals surface area contributed by atoms with Crippen molar-refractivity contribution < 1.29 is 5.11 Å². The van der Waals surface area contributed by atoms with E-state index in [1.807, 2.05) is 0 Å². The van der Waals surface area contributed by atoms with Crippen molar-refractivity contribution in [1.29, 1.82) is 0 Å². The van der Waals surface area contributed by atoms with Crippen molar-refractivity contribution in [3.05, 3.63) is 12.2 Å². The fourth-order valence-corrected chi connectivity index (χ4v) is 1.85. The van der Waals surface area contributed by atoms with Gasteiger partial charge in [0.05, 0.1) is 0 Å². The zero-order chi connectivity index (χ0) is 12.2. The minimum Gasteiger partial charge on any atom is -0.396 e. The van der Waals surface area contributed by atoms with E-state index in [-0.39, 0.29) is 0 Å². The molecule has 0 aliphatic rings. The lowest BCUT2D eigenvalue weighted by molar-refractivity contribution is 0.274. The predicted molar refractivity (Wildman–Crippen MR) is 72.5 cm³/mol. The first-order valence-corrected chi connectivity index (χ1v) is 6.99. The Morgan fingerprint density at radius 2 is 1.44 bits per heavy atom. The van der Waals surface area contributed by atoms with Crippen LogP contribution in [0.15, 0.2) is 12.2 Å². The van der Waals surface area contributed by atoms with Crippen LogP contribution in [0.25, 0.3) is 0 Å². The van der Waals surface area contributed by atoms with Gasteiger partial charge >= 0.3 is 0 Å². The lowest BCUT2D eigenvalue weighted by atomic mass is 9.99. The molecule has 96 valence electrons. The molecular formula is C15H30O. The quantitative estimate of drug-likeness (QED) is 0.428. The summed E-state index contributed by atoms with van der Waals surface area (Å²) in [5, 5.41) is 8.79.